The highest BCUT2D eigenvalue weighted by atomic mass is 79.9. The van der Waals surface area contributed by atoms with Crippen LogP contribution >= 0.6 is 47.8 Å². The predicted octanol–water partition coefficient (Wildman–Crippen LogP) is 6.02. The van der Waals surface area contributed by atoms with Crippen molar-refractivity contribution in [3.63, 3.8) is 0 Å². The number of amides is 1. The first-order chi connectivity index (χ1) is 13.9. The molecule has 0 saturated carbocycles. The van der Waals surface area contributed by atoms with Crippen molar-refractivity contribution < 1.29 is 14.6 Å². The molecule has 0 saturated heterocycles. The largest absolute Gasteiger partial charge is 0.506 e. The zero-order valence-electron chi connectivity index (χ0n) is 14.9. The average molecular weight is 583 g/mol. The van der Waals surface area contributed by atoms with E-state index in [0.717, 1.165) is 14.5 Å². The van der Waals surface area contributed by atoms with Crippen LogP contribution in [0.2, 0.25) is 0 Å². The summed E-state index contributed by atoms with van der Waals surface area (Å²) in [5.41, 5.74) is 4.25. The Morgan fingerprint density at radius 1 is 1.03 bits per heavy atom. The van der Waals surface area contributed by atoms with Crippen LogP contribution in [0.4, 0.5) is 0 Å². The number of hydrazone groups is 1. The molecule has 148 valence electrons. The van der Waals surface area contributed by atoms with Crippen LogP contribution in [0.3, 0.4) is 0 Å². The van der Waals surface area contributed by atoms with Gasteiger partial charge in [0.15, 0.2) is 0 Å². The number of rotatable bonds is 6. The Morgan fingerprint density at radius 2 is 1.79 bits per heavy atom. The Kier molecular flexibility index (Phi) is 7.46. The number of benzene rings is 3. The monoisotopic (exact) mass is 580 g/mol. The molecular formula is C21H15Br3N2O3. The number of nitrogens with one attached hydrogen (secondary N) is 1. The number of halogens is 3. The summed E-state index contributed by atoms with van der Waals surface area (Å²) >= 11 is 9.98. The summed E-state index contributed by atoms with van der Waals surface area (Å²) in [4.78, 5) is 12.6. The number of carbonyl (C=O) groups is 1. The maximum Gasteiger partial charge on any atom is 0.275 e. The molecule has 0 spiro atoms. The van der Waals surface area contributed by atoms with Gasteiger partial charge in [-0.25, -0.2) is 5.43 Å². The molecule has 2 N–H and O–H groups in total. The highest BCUT2D eigenvalue weighted by Gasteiger charge is 2.13. The van der Waals surface area contributed by atoms with Gasteiger partial charge in [-0.3, -0.25) is 4.79 Å². The minimum absolute atomic E-state index is 0.0283. The Balaban J connectivity index is 1.74. The Morgan fingerprint density at radius 3 is 2.55 bits per heavy atom. The molecule has 1 amide bonds. The standard InChI is InChI=1S/C21H15Br3N2O3/c22-15-6-7-19(29-12-13-4-2-1-3-5-13)17(9-15)21(28)26-25-11-14-8-16(23)10-18(24)20(14)27/h1-11,27H,12H2,(H,26,28)/b25-11+. The molecule has 0 aliphatic heterocycles. The summed E-state index contributed by atoms with van der Waals surface area (Å²) in [6, 6.07) is 18.3. The van der Waals surface area contributed by atoms with E-state index in [1.165, 1.54) is 6.21 Å². The third-order valence-electron chi connectivity index (χ3n) is 3.85. The zero-order chi connectivity index (χ0) is 20.8. The highest BCUT2D eigenvalue weighted by Crippen LogP contribution is 2.30. The molecule has 29 heavy (non-hydrogen) atoms. The molecule has 5 nitrogen and oxygen atoms in total. The molecule has 3 aromatic carbocycles. The van der Waals surface area contributed by atoms with Crippen molar-refractivity contribution >= 4 is 59.9 Å². The Labute approximate surface area is 193 Å². The van der Waals surface area contributed by atoms with Gasteiger partial charge in [0.2, 0.25) is 0 Å². The summed E-state index contributed by atoms with van der Waals surface area (Å²) in [5.74, 6) is 0.0394. The molecule has 0 aromatic heterocycles. The summed E-state index contributed by atoms with van der Waals surface area (Å²) in [6.45, 7) is 0.339. The van der Waals surface area contributed by atoms with E-state index in [1.807, 2.05) is 30.3 Å². The van der Waals surface area contributed by atoms with E-state index < -0.39 is 5.91 Å². The van der Waals surface area contributed by atoms with Crippen LogP contribution in [0.1, 0.15) is 21.5 Å². The minimum Gasteiger partial charge on any atom is -0.506 e. The number of nitrogens with zero attached hydrogens (tertiary/aromatic N) is 1. The molecule has 0 fully saturated rings. The van der Waals surface area contributed by atoms with Gasteiger partial charge in [0.05, 0.1) is 16.3 Å². The van der Waals surface area contributed by atoms with Crippen molar-refractivity contribution in [1.29, 1.82) is 0 Å². The molecule has 8 heteroatoms. The van der Waals surface area contributed by atoms with E-state index >= 15 is 0 Å². The van der Waals surface area contributed by atoms with Crippen LogP contribution < -0.4 is 10.2 Å². The average Bonchev–Trinajstić information content (AvgIpc) is 2.71. The first kappa shape index (κ1) is 21.5. The number of phenolic OH excluding ortho intramolecular Hbond substituents is 1. The number of hydrogen-bond acceptors (Lipinski definition) is 4. The number of hydrogen-bond donors (Lipinski definition) is 2. The van der Waals surface area contributed by atoms with Crippen molar-refractivity contribution in [3.05, 3.63) is 90.8 Å². The van der Waals surface area contributed by atoms with Crippen LogP contribution in [0.15, 0.2) is 79.2 Å². The molecule has 0 aliphatic carbocycles. The van der Waals surface area contributed by atoms with Crippen LogP contribution in [-0.2, 0) is 6.61 Å². The molecule has 0 bridgehead atoms. The second-order valence-electron chi connectivity index (χ2n) is 5.94. The molecule has 3 rings (SSSR count). The van der Waals surface area contributed by atoms with E-state index in [9.17, 15) is 9.90 Å². The highest BCUT2D eigenvalue weighted by molar-refractivity contribution is 9.11. The number of ether oxygens (including phenoxy) is 1. The first-order valence-electron chi connectivity index (χ1n) is 8.41. The molecule has 0 aliphatic rings. The normalized spacial score (nSPS) is 10.9. The topological polar surface area (TPSA) is 70.9 Å². The smallest absolute Gasteiger partial charge is 0.275 e. The quantitative estimate of drug-likeness (QED) is 0.276. The lowest BCUT2D eigenvalue weighted by Crippen LogP contribution is -2.19. The lowest BCUT2D eigenvalue weighted by Gasteiger charge is -2.11. The fourth-order valence-corrected chi connectivity index (χ4v) is 4.07. The van der Waals surface area contributed by atoms with Crippen molar-refractivity contribution in [2.75, 3.05) is 0 Å². The lowest BCUT2D eigenvalue weighted by molar-refractivity contribution is 0.0950. The van der Waals surface area contributed by atoms with E-state index in [-0.39, 0.29) is 5.75 Å². The van der Waals surface area contributed by atoms with E-state index in [2.05, 4.69) is 58.3 Å². The van der Waals surface area contributed by atoms with Crippen LogP contribution in [-0.4, -0.2) is 17.2 Å². The molecule has 0 radical (unpaired) electrons. The van der Waals surface area contributed by atoms with Gasteiger partial charge >= 0.3 is 0 Å². The van der Waals surface area contributed by atoms with E-state index in [0.29, 0.717) is 28.0 Å². The third kappa shape index (κ3) is 5.91. The molecule has 0 heterocycles. The van der Waals surface area contributed by atoms with Crippen molar-refractivity contribution in [3.8, 4) is 11.5 Å². The summed E-state index contributed by atoms with van der Waals surface area (Å²) in [5, 5.41) is 14.0. The fourth-order valence-electron chi connectivity index (χ4n) is 2.45. The fraction of sp³-hybridized carbons (Fsp3) is 0.0476. The van der Waals surface area contributed by atoms with Gasteiger partial charge in [0.25, 0.3) is 5.91 Å². The SMILES string of the molecule is O=C(N/N=C/c1cc(Br)cc(Br)c1O)c1cc(Br)ccc1OCc1ccccc1. The zero-order valence-corrected chi connectivity index (χ0v) is 19.7. The number of phenols is 1. The minimum atomic E-state index is -0.431. The predicted molar refractivity (Wildman–Crippen MR) is 123 cm³/mol. The van der Waals surface area contributed by atoms with Gasteiger partial charge in [-0.1, -0.05) is 62.2 Å². The second kappa shape index (κ2) is 10.0. The van der Waals surface area contributed by atoms with Gasteiger partial charge in [-0.05, 0) is 51.8 Å². The van der Waals surface area contributed by atoms with Gasteiger partial charge in [-0.2, -0.15) is 5.10 Å². The van der Waals surface area contributed by atoms with E-state index in [4.69, 9.17) is 4.74 Å². The summed E-state index contributed by atoms with van der Waals surface area (Å²) in [7, 11) is 0. The van der Waals surface area contributed by atoms with E-state index in [1.54, 1.807) is 30.3 Å². The first-order valence-corrected chi connectivity index (χ1v) is 10.8. The summed E-state index contributed by atoms with van der Waals surface area (Å²) < 4.78 is 7.85. The van der Waals surface area contributed by atoms with Crippen molar-refractivity contribution in [2.24, 2.45) is 5.10 Å². The lowest BCUT2D eigenvalue weighted by atomic mass is 10.2. The Hall–Kier alpha value is -2.16. The Bertz CT molecular complexity index is 1060. The van der Waals surface area contributed by atoms with Crippen molar-refractivity contribution in [1.82, 2.24) is 5.43 Å². The molecule has 0 unspecified atom stereocenters. The van der Waals surface area contributed by atoms with Gasteiger partial charge in [-0.15, -0.1) is 0 Å². The third-order valence-corrected chi connectivity index (χ3v) is 5.41. The molecule has 3 aromatic rings. The maximum absolute atomic E-state index is 12.6. The van der Waals surface area contributed by atoms with Crippen LogP contribution in [0.5, 0.6) is 11.5 Å². The van der Waals surface area contributed by atoms with Crippen molar-refractivity contribution in [2.45, 2.75) is 6.61 Å². The maximum atomic E-state index is 12.6. The van der Waals surface area contributed by atoms with Gasteiger partial charge < -0.3 is 9.84 Å². The summed E-state index contributed by atoms with van der Waals surface area (Å²) in [6.07, 6.45) is 1.37. The van der Waals surface area contributed by atoms with Gasteiger partial charge in [0.1, 0.15) is 18.1 Å². The molecular weight excluding hydrogens is 568 g/mol. The van der Waals surface area contributed by atoms with Crippen LogP contribution in [0.25, 0.3) is 0 Å². The van der Waals surface area contributed by atoms with Gasteiger partial charge in [0, 0.05) is 14.5 Å². The number of carbonyl (C=O) groups excluding carboxylic acids is 1. The number of aromatic hydroxyl groups is 1. The molecule has 0 atom stereocenters. The second-order valence-corrected chi connectivity index (χ2v) is 8.63. The van der Waals surface area contributed by atoms with Crippen LogP contribution in [0, 0.1) is 0 Å².